The van der Waals surface area contributed by atoms with Crippen molar-refractivity contribution in [2.75, 3.05) is 41.3 Å². The molecule has 0 spiro atoms. The van der Waals surface area contributed by atoms with Crippen molar-refractivity contribution >= 4 is 52.0 Å². The van der Waals surface area contributed by atoms with E-state index in [2.05, 4.69) is 22.1 Å². The first-order valence-electron chi connectivity index (χ1n) is 10.9. The highest BCUT2D eigenvalue weighted by Gasteiger charge is 2.33. The van der Waals surface area contributed by atoms with Crippen LogP contribution in [-0.4, -0.2) is 55.6 Å². The van der Waals surface area contributed by atoms with Crippen LogP contribution in [0.4, 0.5) is 21.9 Å². The minimum absolute atomic E-state index is 0.197. The number of amides is 2. The average molecular weight is 491 g/mol. The van der Waals surface area contributed by atoms with Crippen LogP contribution in [0.5, 0.6) is 0 Å². The zero-order chi connectivity index (χ0) is 23.4. The zero-order valence-electron chi connectivity index (χ0n) is 18.1. The van der Waals surface area contributed by atoms with Crippen molar-refractivity contribution in [3.63, 3.8) is 0 Å². The van der Waals surface area contributed by atoms with Gasteiger partial charge in [-0.2, -0.15) is 0 Å². The fourth-order valence-electron chi connectivity index (χ4n) is 4.00. The number of ether oxygens (including phenoxy) is 1. The van der Waals surface area contributed by atoms with E-state index in [1.807, 2.05) is 18.2 Å². The lowest BCUT2D eigenvalue weighted by molar-refractivity contribution is 0.0920. The summed E-state index contributed by atoms with van der Waals surface area (Å²) in [6.07, 6.45) is 3.00. The molecule has 176 valence electrons. The zero-order valence-corrected chi connectivity index (χ0v) is 19.7. The van der Waals surface area contributed by atoms with Crippen molar-refractivity contribution in [2.24, 2.45) is 0 Å². The Labute approximate surface area is 201 Å². The van der Waals surface area contributed by atoms with Crippen molar-refractivity contribution < 1.29 is 19.4 Å². The first-order valence-corrected chi connectivity index (χ1v) is 12.1. The molecule has 2 aromatic rings. The van der Waals surface area contributed by atoms with Gasteiger partial charge in [0.25, 0.3) is 5.91 Å². The van der Waals surface area contributed by atoms with Gasteiger partial charge in [-0.05, 0) is 55.7 Å². The summed E-state index contributed by atoms with van der Waals surface area (Å²) in [5.41, 5.74) is 2.35. The number of halogens is 1. The Balaban J connectivity index is 1.45. The quantitative estimate of drug-likeness (QED) is 0.381. The molecule has 2 atom stereocenters. The van der Waals surface area contributed by atoms with Crippen LogP contribution in [0.1, 0.15) is 28.9 Å². The molecule has 2 amide bonds. The number of anilines is 3. The minimum atomic E-state index is -0.914. The molecule has 10 heteroatoms. The van der Waals surface area contributed by atoms with Gasteiger partial charge in [0, 0.05) is 18.8 Å². The number of piperidine rings is 1. The van der Waals surface area contributed by atoms with Crippen molar-refractivity contribution in [1.82, 2.24) is 5.32 Å². The van der Waals surface area contributed by atoms with Crippen molar-refractivity contribution in [3.05, 3.63) is 52.2 Å². The normalized spacial score (nSPS) is 19.2. The molecular weight excluding hydrogens is 464 g/mol. The fourth-order valence-corrected chi connectivity index (χ4v) is 4.96. The molecule has 3 N–H and O–H groups in total. The number of hydrogen-bond donors (Lipinski definition) is 3. The van der Waals surface area contributed by atoms with Crippen molar-refractivity contribution in [1.29, 1.82) is 0 Å². The van der Waals surface area contributed by atoms with Crippen LogP contribution in [-0.2, 0) is 4.74 Å². The summed E-state index contributed by atoms with van der Waals surface area (Å²) >= 11 is 7.08. The molecule has 1 aromatic carbocycles. The Morgan fingerprint density at radius 2 is 2.09 bits per heavy atom. The number of thiophene rings is 1. The summed E-state index contributed by atoms with van der Waals surface area (Å²) in [6, 6.07) is 9.01. The predicted molar refractivity (Wildman–Crippen MR) is 132 cm³/mol. The van der Waals surface area contributed by atoms with Gasteiger partial charge in [-0.25, -0.2) is 4.79 Å². The molecule has 0 saturated carbocycles. The van der Waals surface area contributed by atoms with Gasteiger partial charge in [-0.1, -0.05) is 18.2 Å². The van der Waals surface area contributed by atoms with E-state index in [0.29, 0.717) is 21.4 Å². The third-order valence-electron chi connectivity index (χ3n) is 5.68. The van der Waals surface area contributed by atoms with Crippen molar-refractivity contribution in [3.8, 4) is 0 Å². The second-order valence-corrected chi connectivity index (χ2v) is 9.72. The molecular formula is C23H27ClN4O4S. The number of aliphatic hydroxyl groups excluding tert-OH is 1. The molecule has 2 saturated heterocycles. The van der Waals surface area contributed by atoms with Crippen LogP contribution < -0.4 is 20.4 Å². The Morgan fingerprint density at radius 1 is 1.30 bits per heavy atom. The van der Waals surface area contributed by atoms with Gasteiger partial charge in [-0.3, -0.25) is 9.69 Å². The number of rotatable bonds is 8. The third kappa shape index (κ3) is 5.61. The topological polar surface area (TPSA) is 94.1 Å². The summed E-state index contributed by atoms with van der Waals surface area (Å²) in [5, 5.41) is 15.9. The molecule has 3 heterocycles. The fraction of sp³-hybridized carbons (Fsp3) is 0.391. The highest BCUT2D eigenvalue weighted by Crippen LogP contribution is 2.34. The minimum Gasteiger partial charge on any atom is -0.442 e. The van der Waals surface area contributed by atoms with Crippen LogP contribution in [0.25, 0.3) is 0 Å². The maximum absolute atomic E-state index is 12.6. The van der Waals surface area contributed by atoms with E-state index in [-0.39, 0.29) is 12.5 Å². The summed E-state index contributed by atoms with van der Waals surface area (Å²) in [5.74, 6) is -0.253. The maximum atomic E-state index is 12.6. The first kappa shape index (κ1) is 23.4. The van der Waals surface area contributed by atoms with Gasteiger partial charge < -0.3 is 25.4 Å². The third-order valence-corrected chi connectivity index (χ3v) is 6.91. The monoisotopic (exact) mass is 490 g/mol. The number of cyclic esters (lactones) is 1. The summed E-state index contributed by atoms with van der Waals surface area (Å²) in [4.78, 5) is 29.1. The van der Waals surface area contributed by atoms with Crippen LogP contribution in [0.3, 0.4) is 0 Å². The number of hydrogen-bond acceptors (Lipinski definition) is 7. The highest BCUT2D eigenvalue weighted by molar-refractivity contribution is 7.18. The summed E-state index contributed by atoms with van der Waals surface area (Å²) in [6.45, 7) is 6.02. The Bertz CT molecular complexity index is 1020. The molecule has 2 aliphatic rings. The first-order chi connectivity index (χ1) is 15.9. The lowest BCUT2D eigenvalue weighted by Gasteiger charge is -2.31. The molecule has 1 aromatic heterocycles. The Hall–Kier alpha value is -2.75. The Morgan fingerprint density at radius 3 is 2.79 bits per heavy atom. The van der Waals surface area contributed by atoms with Gasteiger partial charge in [0.1, 0.15) is 12.3 Å². The molecule has 2 aliphatic heterocycles. The lowest BCUT2D eigenvalue weighted by atomic mass is 10.1. The second-order valence-electron chi connectivity index (χ2n) is 8.00. The van der Waals surface area contributed by atoms with Gasteiger partial charge in [-0.15, -0.1) is 11.3 Å². The van der Waals surface area contributed by atoms with E-state index in [9.17, 15) is 14.7 Å². The highest BCUT2D eigenvalue weighted by atomic mass is 35.5. The number of carbonyl (C=O) groups excluding carboxylic acids is 2. The molecule has 2 fully saturated rings. The van der Waals surface area contributed by atoms with Crippen LogP contribution in [0.2, 0.25) is 4.34 Å². The predicted octanol–water partition coefficient (Wildman–Crippen LogP) is 4.06. The second kappa shape index (κ2) is 10.5. The van der Waals surface area contributed by atoms with E-state index >= 15 is 0 Å². The SMILES string of the molecule is C=CC(O)Nc1cc(N2CC(CNC(=O)c3ccc(Cl)s3)OC2=O)ccc1N1CCCCC1. The molecule has 0 aliphatic carbocycles. The van der Waals surface area contributed by atoms with E-state index in [0.717, 1.165) is 37.3 Å². The van der Waals surface area contributed by atoms with Crippen LogP contribution in [0, 0.1) is 0 Å². The van der Waals surface area contributed by atoms with Gasteiger partial charge >= 0.3 is 6.09 Å². The molecule has 2 unspecified atom stereocenters. The van der Waals surface area contributed by atoms with Gasteiger partial charge in [0.2, 0.25) is 0 Å². The molecule has 4 rings (SSSR count). The number of carbonyl (C=O) groups is 2. The molecule has 8 nitrogen and oxygen atoms in total. The molecule has 33 heavy (non-hydrogen) atoms. The van der Waals surface area contributed by atoms with E-state index in [1.54, 1.807) is 12.1 Å². The van der Waals surface area contributed by atoms with Crippen molar-refractivity contribution in [2.45, 2.75) is 31.6 Å². The van der Waals surface area contributed by atoms with Crippen LogP contribution >= 0.6 is 22.9 Å². The van der Waals surface area contributed by atoms with E-state index in [4.69, 9.17) is 16.3 Å². The summed E-state index contributed by atoms with van der Waals surface area (Å²) < 4.78 is 6.00. The smallest absolute Gasteiger partial charge is 0.414 e. The number of nitrogens with one attached hydrogen (secondary N) is 2. The average Bonchev–Trinajstić information content (AvgIpc) is 3.43. The van der Waals surface area contributed by atoms with E-state index in [1.165, 1.54) is 28.7 Å². The van der Waals surface area contributed by atoms with Gasteiger partial charge in [0.05, 0.1) is 33.7 Å². The van der Waals surface area contributed by atoms with E-state index < -0.39 is 18.4 Å². The largest absolute Gasteiger partial charge is 0.442 e. The number of nitrogens with zero attached hydrogens (tertiary/aromatic N) is 2. The maximum Gasteiger partial charge on any atom is 0.414 e. The number of aliphatic hydroxyl groups is 1. The molecule has 0 radical (unpaired) electrons. The number of benzene rings is 1. The standard InChI is InChI=1S/C23H27ClN4O4S/c1-2-21(29)26-17-12-15(6-7-18(17)27-10-4-3-5-11-27)28-14-16(32-23(28)31)13-25-22(30)19-8-9-20(24)33-19/h2,6-9,12,16,21,26,29H,1,3-5,10-11,13-14H2,(H,25,30). The van der Waals surface area contributed by atoms with Crippen LogP contribution in [0.15, 0.2) is 43.0 Å². The lowest BCUT2D eigenvalue weighted by Crippen LogP contribution is -2.34. The van der Waals surface area contributed by atoms with Gasteiger partial charge in [0.15, 0.2) is 0 Å². The summed E-state index contributed by atoms with van der Waals surface area (Å²) in [7, 11) is 0. The molecule has 0 bridgehead atoms. The Kier molecular flexibility index (Phi) is 7.42.